The number of aldehydes is 1. The van der Waals surface area contributed by atoms with Crippen LogP contribution >= 0.6 is 0 Å². The first-order valence-corrected chi connectivity index (χ1v) is 13.5. The second kappa shape index (κ2) is 13.3. The maximum atomic E-state index is 12.1. The molecule has 5 aromatic rings. The number of fused-ring (bicyclic) bond motifs is 1. The molecular weight excluding hydrogens is 522 g/mol. The summed E-state index contributed by atoms with van der Waals surface area (Å²) in [5, 5.41) is 0.885. The molecule has 0 N–H and O–H groups in total. The van der Waals surface area contributed by atoms with Crippen LogP contribution in [-0.4, -0.2) is 32.6 Å². The van der Waals surface area contributed by atoms with Crippen molar-refractivity contribution in [1.29, 1.82) is 0 Å². The van der Waals surface area contributed by atoms with Crippen molar-refractivity contribution >= 4 is 53.6 Å². The number of methoxy groups -OCH3 is 3. The van der Waals surface area contributed by atoms with Crippen LogP contribution in [0, 0.1) is 0 Å². The second-order valence-corrected chi connectivity index (χ2v) is 9.57. The molecule has 1 heterocycles. The Labute approximate surface area is 246 Å². The molecule has 0 saturated heterocycles. The number of rotatable bonds is 10. The Morgan fingerprint density at radius 3 is 1.45 bits per heavy atom. The number of ether oxygens (including phenoxy) is 3. The maximum Gasteiger partial charge on any atom is 0.152 e. The van der Waals surface area contributed by atoms with Gasteiger partial charge in [0.15, 0.2) is 6.29 Å². The summed E-state index contributed by atoms with van der Waals surface area (Å²) in [6.45, 7) is 0. The molecule has 4 aromatic carbocycles. The summed E-state index contributed by atoms with van der Waals surface area (Å²) >= 11 is 0. The van der Waals surface area contributed by atoms with Gasteiger partial charge in [0.05, 0.1) is 26.8 Å². The first kappa shape index (κ1) is 28.1. The Hall–Kier alpha value is -5.42. The summed E-state index contributed by atoms with van der Waals surface area (Å²) in [6, 6.07) is 27.7. The van der Waals surface area contributed by atoms with Crippen molar-refractivity contribution in [3.05, 3.63) is 130 Å². The molecule has 0 fully saturated rings. The van der Waals surface area contributed by atoms with Gasteiger partial charge in [0.1, 0.15) is 17.2 Å². The second-order valence-electron chi connectivity index (χ2n) is 9.57. The fourth-order valence-electron chi connectivity index (χ4n) is 4.59. The summed E-state index contributed by atoms with van der Waals surface area (Å²) < 4.78 is 15.9. The molecule has 5 nitrogen and oxygen atoms in total. The fraction of sp³-hybridized carbons (Fsp3) is 0.0811. The van der Waals surface area contributed by atoms with Crippen molar-refractivity contribution in [2.45, 2.75) is 0 Å². The van der Waals surface area contributed by atoms with Gasteiger partial charge in [-0.15, -0.1) is 0 Å². The van der Waals surface area contributed by atoms with Crippen LogP contribution in [0.15, 0.2) is 91.1 Å². The predicted octanol–water partition coefficient (Wildman–Crippen LogP) is 8.58. The van der Waals surface area contributed by atoms with Crippen LogP contribution in [0.1, 0.15) is 43.7 Å². The normalized spacial score (nSPS) is 11.5. The number of benzene rings is 4. The van der Waals surface area contributed by atoms with E-state index >= 15 is 0 Å². The third-order valence-corrected chi connectivity index (χ3v) is 6.94. The third kappa shape index (κ3) is 6.65. The zero-order valence-corrected chi connectivity index (χ0v) is 23.8. The van der Waals surface area contributed by atoms with Gasteiger partial charge in [-0.2, -0.15) is 0 Å². The smallest absolute Gasteiger partial charge is 0.152 e. The van der Waals surface area contributed by atoms with Crippen LogP contribution in [0.5, 0.6) is 17.2 Å². The lowest BCUT2D eigenvalue weighted by atomic mass is 9.96. The van der Waals surface area contributed by atoms with Crippen molar-refractivity contribution in [3.63, 3.8) is 0 Å². The summed E-state index contributed by atoms with van der Waals surface area (Å²) in [4.78, 5) is 16.8. The van der Waals surface area contributed by atoms with Crippen molar-refractivity contribution in [2.75, 3.05) is 21.3 Å². The van der Waals surface area contributed by atoms with Crippen molar-refractivity contribution in [1.82, 2.24) is 4.98 Å². The van der Waals surface area contributed by atoms with Crippen LogP contribution in [-0.2, 0) is 0 Å². The standard InChI is InChI=1S/C37H31NO4/c1-40-32-15-7-26(8-16-32)4-5-29-22-30(14-6-27-9-17-33(41-2)18-10-27)37-36(23-29)35(31(25-39)24-38-37)21-13-28-11-19-34(42-3)20-12-28/h4-25H,1-3H3/b5-4+,14-6+,21-13+. The van der Waals surface area contributed by atoms with Crippen LogP contribution in [0.2, 0.25) is 0 Å². The van der Waals surface area contributed by atoms with Crippen molar-refractivity contribution < 1.29 is 19.0 Å². The zero-order chi connectivity index (χ0) is 29.3. The minimum absolute atomic E-state index is 0.522. The molecule has 1 aromatic heterocycles. The lowest BCUT2D eigenvalue weighted by Gasteiger charge is -2.10. The van der Waals surface area contributed by atoms with Gasteiger partial charge in [-0.05, 0) is 76.3 Å². The fourth-order valence-corrected chi connectivity index (χ4v) is 4.59. The van der Waals surface area contributed by atoms with E-state index in [1.807, 2.05) is 91.0 Å². The van der Waals surface area contributed by atoms with E-state index in [1.165, 1.54) is 0 Å². The molecule has 0 saturated carbocycles. The monoisotopic (exact) mass is 553 g/mol. The highest BCUT2D eigenvalue weighted by atomic mass is 16.5. The average Bonchev–Trinajstić information content (AvgIpc) is 3.05. The third-order valence-electron chi connectivity index (χ3n) is 6.94. The van der Waals surface area contributed by atoms with E-state index < -0.39 is 0 Å². The Bertz CT molecular complexity index is 1770. The summed E-state index contributed by atoms with van der Waals surface area (Å²) in [5.41, 5.74) is 7.14. The first-order chi connectivity index (χ1) is 20.6. The molecule has 208 valence electrons. The molecule has 0 aliphatic rings. The number of nitrogens with zero attached hydrogens (tertiary/aromatic N) is 1. The Kier molecular flexibility index (Phi) is 8.90. The van der Waals surface area contributed by atoms with E-state index in [-0.39, 0.29) is 0 Å². The number of pyridine rings is 1. The van der Waals surface area contributed by atoms with Gasteiger partial charge in [-0.1, -0.05) is 72.9 Å². The van der Waals surface area contributed by atoms with E-state index in [1.54, 1.807) is 27.5 Å². The highest BCUT2D eigenvalue weighted by Gasteiger charge is 2.11. The van der Waals surface area contributed by atoms with Crippen LogP contribution < -0.4 is 14.2 Å². The van der Waals surface area contributed by atoms with Crippen LogP contribution in [0.4, 0.5) is 0 Å². The number of carbonyl (C=O) groups is 1. The lowest BCUT2D eigenvalue weighted by molar-refractivity contribution is 0.112. The molecular formula is C37H31NO4. The van der Waals surface area contributed by atoms with E-state index in [0.29, 0.717) is 5.56 Å². The van der Waals surface area contributed by atoms with Gasteiger partial charge in [0.2, 0.25) is 0 Å². The van der Waals surface area contributed by atoms with Gasteiger partial charge in [-0.3, -0.25) is 9.78 Å². The number of aromatic nitrogens is 1. The van der Waals surface area contributed by atoms with Gasteiger partial charge >= 0.3 is 0 Å². The van der Waals surface area contributed by atoms with Gasteiger partial charge < -0.3 is 14.2 Å². The first-order valence-electron chi connectivity index (χ1n) is 13.5. The molecule has 0 unspecified atom stereocenters. The summed E-state index contributed by atoms with van der Waals surface area (Å²) in [6.07, 6.45) is 14.7. The van der Waals surface area contributed by atoms with Gasteiger partial charge in [0.25, 0.3) is 0 Å². The molecule has 5 heteroatoms. The van der Waals surface area contributed by atoms with E-state index in [0.717, 1.165) is 67.8 Å². The van der Waals surface area contributed by atoms with Crippen LogP contribution in [0.25, 0.3) is 47.4 Å². The Morgan fingerprint density at radius 2 is 0.976 bits per heavy atom. The minimum atomic E-state index is 0.522. The summed E-state index contributed by atoms with van der Waals surface area (Å²) in [5.74, 6) is 2.40. The number of carbonyl (C=O) groups excluding carboxylic acids is 1. The minimum Gasteiger partial charge on any atom is -0.497 e. The molecule has 0 aliphatic carbocycles. The van der Waals surface area contributed by atoms with E-state index in [9.17, 15) is 4.79 Å². The van der Waals surface area contributed by atoms with Crippen molar-refractivity contribution in [2.24, 2.45) is 0 Å². The lowest BCUT2D eigenvalue weighted by Crippen LogP contribution is -1.95. The molecule has 0 amide bonds. The molecule has 0 atom stereocenters. The van der Waals surface area contributed by atoms with Crippen LogP contribution in [0.3, 0.4) is 0 Å². The topological polar surface area (TPSA) is 57.7 Å². The molecule has 0 spiro atoms. The Morgan fingerprint density at radius 1 is 0.524 bits per heavy atom. The molecule has 0 bridgehead atoms. The van der Waals surface area contributed by atoms with E-state index in [4.69, 9.17) is 19.2 Å². The number of hydrogen-bond donors (Lipinski definition) is 0. The van der Waals surface area contributed by atoms with Gasteiger partial charge in [0, 0.05) is 22.7 Å². The highest BCUT2D eigenvalue weighted by Crippen LogP contribution is 2.29. The molecule has 5 rings (SSSR count). The van der Waals surface area contributed by atoms with E-state index in [2.05, 4.69) is 30.4 Å². The zero-order valence-electron chi connectivity index (χ0n) is 23.8. The van der Waals surface area contributed by atoms with Gasteiger partial charge in [-0.25, -0.2) is 0 Å². The summed E-state index contributed by atoms with van der Waals surface area (Å²) in [7, 11) is 4.96. The largest absolute Gasteiger partial charge is 0.497 e. The number of hydrogen-bond acceptors (Lipinski definition) is 5. The average molecular weight is 554 g/mol. The SMILES string of the molecule is COc1ccc(/C=C/c2cc(/C=C/c3ccc(OC)cc3)c3ncc(C=O)c(/C=C/c4ccc(OC)cc4)c3c2)cc1. The van der Waals surface area contributed by atoms with Crippen molar-refractivity contribution in [3.8, 4) is 17.2 Å². The molecule has 42 heavy (non-hydrogen) atoms. The highest BCUT2D eigenvalue weighted by molar-refractivity contribution is 6.02. The maximum absolute atomic E-state index is 12.1. The predicted molar refractivity (Wildman–Crippen MR) is 173 cm³/mol. The quantitative estimate of drug-likeness (QED) is 0.128. The molecule has 0 aliphatic heterocycles. The Balaban J connectivity index is 1.61. The molecule has 0 radical (unpaired) electrons.